The standard InChI is InChI=1S/C42H64N2/c1-5-9-13-16-18-20-24-37-29-33-39(34-30-37)42(38-31-27-36(28-32-38)23-12-8-4)41(26-22-15-11-7-3)40(35-44-43)25-21-19-17-14-10-6-2/h27-34H,5-26H2,1-4H3. The van der Waals surface area contributed by atoms with Crippen LogP contribution in [0.25, 0.3) is 11.1 Å². The van der Waals surface area contributed by atoms with Crippen LogP contribution in [0.3, 0.4) is 0 Å². The minimum Gasteiger partial charge on any atom is -0.348 e. The molecule has 0 fully saturated rings. The molecule has 0 atom stereocenters. The molecule has 0 aromatic heterocycles. The van der Waals surface area contributed by atoms with Gasteiger partial charge in [-0.2, -0.15) is 0 Å². The van der Waals surface area contributed by atoms with E-state index in [2.05, 4.69) is 86.9 Å². The van der Waals surface area contributed by atoms with E-state index >= 15 is 0 Å². The molecule has 2 aromatic carbocycles. The molecule has 2 nitrogen and oxygen atoms in total. The lowest BCUT2D eigenvalue weighted by Gasteiger charge is -2.18. The van der Waals surface area contributed by atoms with Crippen LogP contribution in [-0.4, -0.2) is 10.7 Å². The molecule has 0 spiro atoms. The van der Waals surface area contributed by atoms with Gasteiger partial charge in [0.2, 0.25) is 0 Å². The van der Waals surface area contributed by atoms with Gasteiger partial charge in [-0.1, -0.05) is 166 Å². The largest absolute Gasteiger partial charge is 0.348 e. The number of rotatable bonds is 25. The maximum absolute atomic E-state index is 9.77. The summed E-state index contributed by atoms with van der Waals surface area (Å²) in [7, 11) is 0. The fraction of sp³-hybridized carbons (Fsp3) is 0.619. The summed E-state index contributed by atoms with van der Waals surface area (Å²) in [6.45, 7) is 9.09. The van der Waals surface area contributed by atoms with Crippen LogP contribution in [0.15, 0.2) is 59.7 Å². The smallest absolute Gasteiger partial charge is 0.303 e. The van der Waals surface area contributed by atoms with E-state index < -0.39 is 0 Å². The number of hydrogen-bond donors (Lipinski definition) is 0. The Morgan fingerprint density at radius 3 is 1.41 bits per heavy atom. The number of nitrogens with zero attached hydrogens (tertiary/aromatic N) is 2. The molecule has 0 aliphatic carbocycles. The molecule has 0 saturated carbocycles. The van der Waals surface area contributed by atoms with E-state index in [1.165, 1.54) is 136 Å². The molecule has 0 saturated heterocycles. The first-order valence-corrected chi connectivity index (χ1v) is 18.6. The van der Waals surface area contributed by atoms with E-state index in [9.17, 15) is 5.53 Å². The summed E-state index contributed by atoms with van der Waals surface area (Å²) in [5.41, 5.74) is 18.8. The second-order valence-corrected chi connectivity index (χ2v) is 12.9. The van der Waals surface area contributed by atoms with E-state index in [1.54, 1.807) is 0 Å². The highest BCUT2D eigenvalue weighted by molar-refractivity contribution is 5.87. The second kappa shape index (κ2) is 24.6. The van der Waals surface area contributed by atoms with Gasteiger partial charge in [0, 0.05) is 0 Å². The quantitative estimate of drug-likeness (QED) is 0.0359. The Morgan fingerprint density at radius 2 is 0.909 bits per heavy atom. The minimum absolute atomic E-state index is 0.910. The molecular weight excluding hydrogens is 532 g/mol. The maximum Gasteiger partial charge on any atom is 0.303 e. The summed E-state index contributed by atoms with van der Waals surface area (Å²) in [6.07, 6.45) is 27.0. The fourth-order valence-corrected chi connectivity index (χ4v) is 6.25. The van der Waals surface area contributed by atoms with Gasteiger partial charge in [0.05, 0.1) is 5.57 Å². The van der Waals surface area contributed by atoms with Crippen LogP contribution in [-0.2, 0) is 12.8 Å². The Morgan fingerprint density at radius 1 is 0.500 bits per heavy atom. The van der Waals surface area contributed by atoms with E-state index in [-0.39, 0.29) is 0 Å². The summed E-state index contributed by atoms with van der Waals surface area (Å²) in [6, 6.07) is 18.7. The lowest BCUT2D eigenvalue weighted by molar-refractivity contribution is 0.00739. The molecular formula is C42H64N2. The van der Waals surface area contributed by atoms with Gasteiger partial charge in [-0.25, -0.2) is 0 Å². The molecule has 0 N–H and O–H groups in total. The zero-order valence-electron chi connectivity index (χ0n) is 29.1. The predicted octanol–water partition coefficient (Wildman–Crippen LogP) is 13.3. The second-order valence-electron chi connectivity index (χ2n) is 12.9. The zero-order valence-corrected chi connectivity index (χ0v) is 29.1. The molecule has 2 rings (SSSR count). The number of unbranched alkanes of at least 4 members (excludes halogenated alkanes) is 14. The molecule has 44 heavy (non-hydrogen) atoms. The topological polar surface area (TPSA) is 36.4 Å². The first-order chi connectivity index (χ1) is 21.7. The number of hydrogen-bond acceptors (Lipinski definition) is 0. The average molecular weight is 597 g/mol. The highest BCUT2D eigenvalue weighted by Gasteiger charge is 2.18. The molecule has 0 bridgehead atoms. The third-order valence-electron chi connectivity index (χ3n) is 9.03. The predicted molar refractivity (Wildman–Crippen MR) is 193 cm³/mol. The van der Waals surface area contributed by atoms with Gasteiger partial charge in [-0.3, -0.25) is 0 Å². The van der Waals surface area contributed by atoms with Crippen LogP contribution in [0.2, 0.25) is 0 Å². The lowest BCUT2D eigenvalue weighted by Crippen LogP contribution is -2.02. The summed E-state index contributed by atoms with van der Waals surface area (Å²) in [5.74, 6) is 3.08. The van der Waals surface area contributed by atoms with E-state index in [1.807, 2.05) is 0 Å². The zero-order chi connectivity index (χ0) is 31.7. The van der Waals surface area contributed by atoms with Crippen molar-refractivity contribution in [3.63, 3.8) is 0 Å². The fourth-order valence-electron chi connectivity index (χ4n) is 6.25. The third-order valence-corrected chi connectivity index (χ3v) is 9.03. The lowest BCUT2D eigenvalue weighted by atomic mass is 9.84. The van der Waals surface area contributed by atoms with Gasteiger partial charge >= 0.3 is 5.87 Å². The van der Waals surface area contributed by atoms with Crippen molar-refractivity contribution in [1.82, 2.24) is 0 Å². The van der Waals surface area contributed by atoms with E-state index in [0.29, 0.717) is 0 Å². The molecule has 242 valence electrons. The van der Waals surface area contributed by atoms with E-state index in [0.717, 1.165) is 44.1 Å². The summed E-state index contributed by atoms with van der Waals surface area (Å²) >= 11 is 0. The summed E-state index contributed by atoms with van der Waals surface area (Å²) < 4.78 is 0. The van der Waals surface area contributed by atoms with Crippen molar-refractivity contribution in [1.29, 1.82) is 0 Å². The van der Waals surface area contributed by atoms with Crippen molar-refractivity contribution < 1.29 is 4.79 Å². The molecule has 0 radical (unpaired) electrons. The van der Waals surface area contributed by atoms with Crippen molar-refractivity contribution in [2.75, 3.05) is 0 Å². The molecule has 0 heterocycles. The number of aryl methyl sites for hydroxylation is 2. The normalized spacial score (nSPS) is 11.6. The van der Waals surface area contributed by atoms with Crippen LogP contribution >= 0.6 is 0 Å². The molecule has 2 aromatic rings. The minimum atomic E-state index is 0.910. The van der Waals surface area contributed by atoms with Crippen molar-refractivity contribution >= 4 is 11.4 Å². The van der Waals surface area contributed by atoms with Gasteiger partial charge in [-0.05, 0) is 84.8 Å². The molecule has 0 aliphatic rings. The summed E-state index contributed by atoms with van der Waals surface area (Å²) in [4.78, 5) is 3.50. The Labute approximate surface area is 272 Å². The molecule has 0 amide bonds. The van der Waals surface area contributed by atoms with Gasteiger partial charge in [0.1, 0.15) is 0 Å². The molecule has 2 heteroatoms. The SMILES string of the molecule is CCCCCCCCC(=C=[N+]=[N-])C(CCCCCC)=C(c1ccc(CCCC)cc1)c1ccc(CCCCCCCC)cc1. The number of benzene rings is 2. The van der Waals surface area contributed by atoms with Gasteiger partial charge in [0.15, 0.2) is 0 Å². The maximum atomic E-state index is 9.77. The van der Waals surface area contributed by atoms with Gasteiger partial charge in [0.25, 0.3) is 0 Å². The Balaban J connectivity index is 2.47. The van der Waals surface area contributed by atoms with Gasteiger partial charge in [-0.15, -0.1) is 4.79 Å². The van der Waals surface area contributed by atoms with Crippen LogP contribution < -0.4 is 0 Å². The van der Waals surface area contributed by atoms with Crippen LogP contribution in [0.1, 0.15) is 178 Å². The number of allylic oxidation sites excluding steroid dienone is 2. The van der Waals surface area contributed by atoms with Crippen LogP contribution in [0.5, 0.6) is 0 Å². The monoisotopic (exact) mass is 597 g/mol. The van der Waals surface area contributed by atoms with Crippen LogP contribution in [0, 0.1) is 0 Å². The van der Waals surface area contributed by atoms with Crippen molar-refractivity contribution in [3.05, 3.63) is 87.5 Å². The first-order valence-electron chi connectivity index (χ1n) is 18.6. The van der Waals surface area contributed by atoms with Crippen molar-refractivity contribution in [2.45, 2.75) is 169 Å². The molecule has 0 unspecified atom stereocenters. The Bertz CT molecular complexity index is 1130. The summed E-state index contributed by atoms with van der Waals surface area (Å²) in [5, 5.41) is 0. The highest BCUT2D eigenvalue weighted by Crippen LogP contribution is 2.35. The van der Waals surface area contributed by atoms with Crippen molar-refractivity contribution in [2.24, 2.45) is 0 Å². The highest BCUT2D eigenvalue weighted by atomic mass is 14.8. The van der Waals surface area contributed by atoms with Gasteiger partial charge < -0.3 is 5.53 Å². The Hall–Kier alpha value is -2.66. The first kappa shape index (κ1) is 37.5. The van der Waals surface area contributed by atoms with Crippen LogP contribution in [0.4, 0.5) is 0 Å². The Kier molecular flexibility index (Phi) is 21.0. The third kappa shape index (κ3) is 14.9. The average Bonchev–Trinajstić information content (AvgIpc) is 3.05. The molecule has 0 aliphatic heterocycles. The van der Waals surface area contributed by atoms with Crippen molar-refractivity contribution in [3.8, 4) is 0 Å². The van der Waals surface area contributed by atoms with E-state index in [4.69, 9.17) is 0 Å².